The largest absolute Gasteiger partial charge is 0.307 e. The topological polar surface area (TPSA) is 15.3 Å². The van der Waals surface area contributed by atoms with Gasteiger partial charge in [-0.25, -0.2) is 0 Å². The lowest BCUT2D eigenvalue weighted by Crippen LogP contribution is -2.46. The molecule has 0 bridgehead atoms. The predicted octanol–water partition coefficient (Wildman–Crippen LogP) is 3.58. The summed E-state index contributed by atoms with van der Waals surface area (Å²) >= 11 is 3.54. The molecule has 0 amide bonds. The van der Waals surface area contributed by atoms with E-state index in [4.69, 9.17) is 0 Å². The molecule has 1 aliphatic heterocycles. The van der Waals surface area contributed by atoms with Crippen LogP contribution < -0.4 is 5.32 Å². The summed E-state index contributed by atoms with van der Waals surface area (Å²) in [5.41, 5.74) is 1.36. The highest BCUT2D eigenvalue weighted by Gasteiger charge is 2.23. The summed E-state index contributed by atoms with van der Waals surface area (Å²) in [6.45, 7) is 5.77. The SMILES string of the molecule is CC(NC1CCN(C)C(C)C1)c1cccc(Br)c1. The smallest absolute Gasteiger partial charge is 0.0294 e. The Labute approximate surface area is 119 Å². The monoisotopic (exact) mass is 310 g/mol. The third-order valence-corrected chi connectivity index (χ3v) is 4.54. The van der Waals surface area contributed by atoms with E-state index in [-0.39, 0.29) is 0 Å². The van der Waals surface area contributed by atoms with Crippen LogP contribution in [0.25, 0.3) is 0 Å². The van der Waals surface area contributed by atoms with E-state index in [1.54, 1.807) is 0 Å². The number of rotatable bonds is 3. The van der Waals surface area contributed by atoms with Gasteiger partial charge < -0.3 is 10.2 Å². The Bertz CT molecular complexity index is 394. The number of hydrogen-bond donors (Lipinski definition) is 1. The molecule has 0 radical (unpaired) electrons. The Kier molecular flexibility index (Phi) is 4.82. The molecule has 2 nitrogen and oxygen atoms in total. The number of hydrogen-bond acceptors (Lipinski definition) is 2. The number of benzene rings is 1. The van der Waals surface area contributed by atoms with Gasteiger partial charge in [0.05, 0.1) is 0 Å². The van der Waals surface area contributed by atoms with Crippen molar-refractivity contribution in [1.29, 1.82) is 0 Å². The van der Waals surface area contributed by atoms with Crippen molar-refractivity contribution in [3.63, 3.8) is 0 Å². The Morgan fingerprint density at radius 1 is 1.44 bits per heavy atom. The molecule has 1 aliphatic rings. The summed E-state index contributed by atoms with van der Waals surface area (Å²) in [5.74, 6) is 0. The van der Waals surface area contributed by atoms with Crippen LogP contribution in [0.2, 0.25) is 0 Å². The van der Waals surface area contributed by atoms with Gasteiger partial charge in [-0.2, -0.15) is 0 Å². The Balaban J connectivity index is 1.93. The lowest BCUT2D eigenvalue weighted by molar-refractivity contribution is 0.163. The van der Waals surface area contributed by atoms with E-state index in [9.17, 15) is 0 Å². The van der Waals surface area contributed by atoms with Gasteiger partial charge in [0, 0.05) is 22.6 Å². The molecule has 18 heavy (non-hydrogen) atoms. The zero-order valence-electron chi connectivity index (χ0n) is 11.5. The van der Waals surface area contributed by atoms with Crippen LogP contribution >= 0.6 is 15.9 Å². The first kappa shape index (κ1) is 14.0. The molecule has 0 spiro atoms. The van der Waals surface area contributed by atoms with Crippen LogP contribution in [0.5, 0.6) is 0 Å². The van der Waals surface area contributed by atoms with Crippen LogP contribution in [0.1, 0.15) is 38.3 Å². The minimum atomic E-state index is 0.420. The molecule has 0 saturated carbocycles. The van der Waals surface area contributed by atoms with E-state index in [1.165, 1.54) is 24.9 Å². The molecule has 1 saturated heterocycles. The number of piperidine rings is 1. The van der Waals surface area contributed by atoms with Crippen LogP contribution in [0.3, 0.4) is 0 Å². The second-order valence-corrected chi connectivity index (χ2v) is 6.41. The molecule has 1 fully saturated rings. The second-order valence-electron chi connectivity index (χ2n) is 5.49. The highest BCUT2D eigenvalue weighted by Crippen LogP contribution is 2.22. The molecule has 3 atom stereocenters. The molecular formula is C15H23BrN2. The zero-order valence-corrected chi connectivity index (χ0v) is 13.1. The lowest BCUT2D eigenvalue weighted by Gasteiger charge is -2.36. The maximum absolute atomic E-state index is 3.77. The Hall–Kier alpha value is -0.380. The summed E-state index contributed by atoms with van der Waals surface area (Å²) < 4.78 is 1.16. The van der Waals surface area contributed by atoms with E-state index in [1.807, 2.05) is 0 Å². The van der Waals surface area contributed by atoms with E-state index < -0.39 is 0 Å². The summed E-state index contributed by atoms with van der Waals surface area (Å²) in [4.78, 5) is 2.45. The Morgan fingerprint density at radius 3 is 2.89 bits per heavy atom. The molecule has 0 aliphatic carbocycles. The fourth-order valence-electron chi connectivity index (χ4n) is 2.67. The number of nitrogens with one attached hydrogen (secondary N) is 1. The van der Waals surface area contributed by atoms with Crippen LogP contribution in [0, 0.1) is 0 Å². The molecule has 1 aromatic rings. The first-order valence-electron chi connectivity index (χ1n) is 6.78. The van der Waals surface area contributed by atoms with Gasteiger partial charge in [0.2, 0.25) is 0 Å². The van der Waals surface area contributed by atoms with Crippen molar-refractivity contribution in [2.24, 2.45) is 0 Å². The van der Waals surface area contributed by atoms with Crippen molar-refractivity contribution < 1.29 is 0 Å². The van der Waals surface area contributed by atoms with Gasteiger partial charge >= 0.3 is 0 Å². The van der Waals surface area contributed by atoms with Gasteiger partial charge in [0.1, 0.15) is 0 Å². The average Bonchev–Trinajstić information content (AvgIpc) is 2.34. The fourth-order valence-corrected chi connectivity index (χ4v) is 3.08. The summed E-state index contributed by atoms with van der Waals surface area (Å²) in [7, 11) is 2.22. The van der Waals surface area contributed by atoms with Crippen molar-refractivity contribution in [2.45, 2.75) is 44.8 Å². The van der Waals surface area contributed by atoms with Crippen molar-refractivity contribution in [3.05, 3.63) is 34.3 Å². The third kappa shape index (κ3) is 3.56. The highest BCUT2D eigenvalue weighted by atomic mass is 79.9. The zero-order chi connectivity index (χ0) is 13.1. The van der Waals surface area contributed by atoms with Crippen LogP contribution in [0.4, 0.5) is 0 Å². The average molecular weight is 311 g/mol. The van der Waals surface area contributed by atoms with Gasteiger partial charge in [0.25, 0.3) is 0 Å². The first-order valence-corrected chi connectivity index (χ1v) is 7.57. The minimum absolute atomic E-state index is 0.420. The second kappa shape index (κ2) is 6.18. The molecule has 0 aromatic heterocycles. The summed E-state index contributed by atoms with van der Waals surface area (Å²) in [6.07, 6.45) is 2.49. The molecule has 1 heterocycles. The van der Waals surface area contributed by atoms with Crippen molar-refractivity contribution in [1.82, 2.24) is 10.2 Å². The van der Waals surface area contributed by atoms with Gasteiger partial charge in [-0.3, -0.25) is 0 Å². The van der Waals surface area contributed by atoms with E-state index >= 15 is 0 Å². The minimum Gasteiger partial charge on any atom is -0.307 e. The van der Waals surface area contributed by atoms with Gasteiger partial charge in [-0.05, 0) is 58.0 Å². The molecule has 3 unspecified atom stereocenters. The standard InChI is InChI=1S/C15H23BrN2/c1-11-9-15(7-8-18(11)3)17-12(2)13-5-4-6-14(16)10-13/h4-6,10-12,15,17H,7-9H2,1-3H3. The maximum atomic E-state index is 3.77. The summed E-state index contributed by atoms with van der Waals surface area (Å²) in [6, 6.07) is 10.3. The van der Waals surface area contributed by atoms with Gasteiger partial charge in [-0.15, -0.1) is 0 Å². The molecular weight excluding hydrogens is 288 g/mol. The van der Waals surface area contributed by atoms with Crippen LogP contribution in [0.15, 0.2) is 28.7 Å². The molecule has 100 valence electrons. The normalized spacial score (nSPS) is 27.1. The van der Waals surface area contributed by atoms with Crippen LogP contribution in [-0.4, -0.2) is 30.6 Å². The van der Waals surface area contributed by atoms with Crippen molar-refractivity contribution in [3.8, 4) is 0 Å². The number of likely N-dealkylation sites (tertiary alicyclic amines) is 1. The van der Waals surface area contributed by atoms with Crippen LogP contribution in [-0.2, 0) is 0 Å². The van der Waals surface area contributed by atoms with Gasteiger partial charge in [-0.1, -0.05) is 28.1 Å². The molecule has 1 aromatic carbocycles. The third-order valence-electron chi connectivity index (χ3n) is 4.04. The highest BCUT2D eigenvalue weighted by molar-refractivity contribution is 9.10. The number of nitrogens with zero attached hydrogens (tertiary/aromatic N) is 1. The van der Waals surface area contributed by atoms with E-state index in [0.717, 1.165) is 4.47 Å². The van der Waals surface area contributed by atoms with Crippen molar-refractivity contribution >= 4 is 15.9 Å². The predicted molar refractivity (Wildman–Crippen MR) is 80.8 cm³/mol. The molecule has 1 N–H and O–H groups in total. The fraction of sp³-hybridized carbons (Fsp3) is 0.600. The number of halogens is 1. The maximum Gasteiger partial charge on any atom is 0.0294 e. The van der Waals surface area contributed by atoms with E-state index in [2.05, 4.69) is 71.3 Å². The van der Waals surface area contributed by atoms with Crippen molar-refractivity contribution in [2.75, 3.05) is 13.6 Å². The summed E-state index contributed by atoms with van der Waals surface area (Å²) in [5, 5.41) is 3.77. The quantitative estimate of drug-likeness (QED) is 0.918. The van der Waals surface area contributed by atoms with E-state index in [0.29, 0.717) is 18.1 Å². The molecule has 3 heteroatoms. The molecule has 2 rings (SSSR count). The lowest BCUT2D eigenvalue weighted by atomic mass is 9.97. The van der Waals surface area contributed by atoms with Gasteiger partial charge in [0.15, 0.2) is 0 Å². The first-order chi connectivity index (χ1) is 8.56. The Morgan fingerprint density at radius 2 is 2.22 bits per heavy atom.